The average Bonchev–Trinajstić information content (AvgIpc) is 3.04. The Morgan fingerprint density at radius 2 is 0.905 bits per heavy atom. The van der Waals surface area contributed by atoms with Crippen LogP contribution in [0.4, 0.5) is 0 Å². The predicted molar refractivity (Wildman–Crippen MR) is 188 cm³/mol. The van der Waals surface area contributed by atoms with Gasteiger partial charge < -0.3 is 0 Å². The fourth-order valence-electron chi connectivity index (χ4n) is 6.86. The molecule has 6 heteroatoms. The van der Waals surface area contributed by atoms with Crippen LogP contribution in [0.5, 0.6) is 0 Å². The highest BCUT2D eigenvalue weighted by molar-refractivity contribution is 9.09. The number of fused-ring (bicyclic) bond motifs is 8. The Balaban J connectivity index is 0.000000923. The lowest BCUT2D eigenvalue weighted by Gasteiger charge is -2.44. The minimum Gasteiger partial charge on any atom is -0.252 e. The quantitative estimate of drug-likeness (QED) is 0.132. The van der Waals surface area contributed by atoms with Crippen molar-refractivity contribution in [2.75, 3.05) is 0 Å². The summed E-state index contributed by atoms with van der Waals surface area (Å²) in [6.07, 6.45) is 1.00. The molecule has 2 aliphatic rings. The zero-order chi connectivity index (χ0) is 28.8. The van der Waals surface area contributed by atoms with Gasteiger partial charge in [0.05, 0.1) is 32.1 Å². The minimum absolute atomic E-state index is 0.104. The first-order chi connectivity index (χ1) is 20.6. The van der Waals surface area contributed by atoms with E-state index >= 15 is 0 Å². The Morgan fingerprint density at radius 1 is 0.548 bits per heavy atom. The SMILES string of the molecule is Br[C@H]1c2c(nc3ccccc3c2-c2ccccc2)[C@H]2C[C@@H]1c1nc3ccccc3c(-c3ccccc3)c1[C@@H]2Br.S=C=S. The van der Waals surface area contributed by atoms with Crippen LogP contribution in [0.2, 0.25) is 0 Å². The van der Waals surface area contributed by atoms with E-state index in [0.29, 0.717) is 0 Å². The third-order valence-corrected chi connectivity index (χ3v) is 10.7. The maximum atomic E-state index is 5.38. The van der Waals surface area contributed by atoms with Gasteiger partial charge in [0.25, 0.3) is 0 Å². The van der Waals surface area contributed by atoms with Crippen molar-refractivity contribution < 1.29 is 0 Å². The summed E-state index contributed by atoms with van der Waals surface area (Å²) in [4.78, 5) is 11.0. The lowest BCUT2D eigenvalue weighted by Crippen LogP contribution is -2.30. The van der Waals surface area contributed by atoms with Crippen molar-refractivity contribution in [3.8, 4) is 22.3 Å². The monoisotopic (exact) mass is 706 g/mol. The molecule has 2 heterocycles. The minimum atomic E-state index is 0.104. The first kappa shape index (κ1) is 27.7. The van der Waals surface area contributed by atoms with Crippen LogP contribution in [-0.2, 0) is 0 Å². The molecule has 4 atom stereocenters. The van der Waals surface area contributed by atoms with Crippen molar-refractivity contribution >= 4 is 82.4 Å². The van der Waals surface area contributed by atoms with Gasteiger partial charge in [-0.2, -0.15) is 0 Å². The molecule has 2 nitrogen and oxygen atoms in total. The summed E-state index contributed by atoms with van der Waals surface area (Å²) in [5.74, 6) is 0.479. The van der Waals surface area contributed by atoms with E-state index in [1.165, 1.54) is 55.5 Å². The highest BCUT2D eigenvalue weighted by Crippen LogP contribution is 2.63. The molecule has 2 aromatic heterocycles. The summed E-state index contributed by atoms with van der Waals surface area (Å²) in [6.45, 7) is 0. The van der Waals surface area contributed by atoms with Gasteiger partial charge in [0.2, 0.25) is 0 Å². The highest BCUT2D eigenvalue weighted by atomic mass is 79.9. The molecule has 0 N–H and O–H groups in total. The number of thiocarbonyl (C=S) groups is 2. The molecular formula is C36H24Br2N2S2. The molecule has 0 spiro atoms. The molecule has 0 aliphatic heterocycles. The maximum Gasteiger partial charge on any atom is 0.0711 e. The van der Waals surface area contributed by atoms with Crippen LogP contribution in [-0.4, -0.2) is 14.3 Å². The summed E-state index contributed by atoms with van der Waals surface area (Å²) in [6, 6.07) is 38.8. The highest BCUT2D eigenvalue weighted by Gasteiger charge is 2.47. The van der Waals surface area contributed by atoms with Crippen molar-refractivity contribution in [1.29, 1.82) is 0 Å². The number of alkyl halides is 2. The van der Waals surface area contributed by atoms with E-state index in [9.17, 15) is 0 Å². The second-order valence-corrected chi connectivity index (χ2v) is 13.3. The smallest absolute Gasteiger partial charge is 0.0711 e. The van der Waals surface area contributed by atoms with Crippen LogP contribution in [0.15, 0.2) is 109 Å². The van der Waals surface area contributed by atoms with Gasteiger partial charge in [-0.05, 0) is 76.4 Å². The molecule has 204 valence electrons. The number of hydrogen-bond acceptors (Lipinski definition) is 4. The fourth-order valence-corrected chi connectivity index (χ4v) is 8.72. The number of aromatic nitrogens is 2. The molecule has 0 unspecified atom stereocenters. The molecule has 2 bridgehead atoms. The summed E-state index contributed by atoms with van der Waals surface area (Å²) in [5, 5.41) is 2.41. The zero-order valence-corrected chi connectivity index (χ0v) is 27.2. The van der Waals surface area contributed by atoms with E-state index in [-0.39, 0.29) is 21.5 Å². The van der Waals surface area contributed by atoms with Crippen LogP contribution in [0.25, 0.3) is 44.1 Å². The van der Waals surface area contributed by atoms with Crippen LogP contribution in [0.3, 0.4) is 0 Å². The van der Waals surface area contributed by atoms with Crippen LogP contribution >= 0.6 is 56.3 Å². The Labute approximate surface area is 272 Å². The van der Waals surface area contributed by atoms with Gasteiger partial charge in [0.1, 0.15) is 0 Å². The molecule has 0 radical (unpaired) electrons. The van der Waals surface area contributed by atoms with Crippen LogP contribution in [0.1, 0.15) is 50.4 Å². The number of pyridine rings is 2. The number of hydrogen-bond donors (Lipinski definition) is 0. The van der Waals surface area contributed by atoms with Crippen molar-refractivity contribution in [3.05, 3.63) is 132 Å². The number of para-hydroxylation sites is 2. The second-order valence-electron chi connectivity index (χ2n) is 10.7. The van der Waals surface area contributed by atoms with Crippen LogP contribution < -0.4 is 0 Å². The lowest BCUT2D eigenvalue weighted by molar-refractivity contribution is 0.437. The number of nitrogens with zero attached hydrogens (tertiary/aromatic N) is 2. The lowest BCUT2D eigenvalue weighted by atomic mass is 9.67. The van der Waals surface area contributed by atoms with E-state index in [2.05, 4.69) is 165 Å². The topological polar surface area (TPSA) is 25.8 Å². The van der Waals surface area contributed by atoms with Crippen molar-refractivity contribution in [2.45, 2.75) is 27.9 Å². The molecule has 0 saturated heterocycles. The first-order valence-corrected chi connectivity index (χ1v) is 16.5. The molecule has 0 saturated carbocycles. The predicted octanol–water partition coefficient (Wildman–Crippen LogP) is 11.3. The van der Waals surface area contributed by atoms with Crippen molar-refractivity contribution in [2.24, 2.45) is 0 Å². The van der Waals surface area contributed by atoms with E-state index in [1.54, 1.807) is 0 Å². The van der Waals surface area contributed by atoms with Crippen molar-refractivity contribution in [1.82, 2.24) is 9.97 Å². The standard InChI is InChI=1S/C35H24Br2N2.CS2/c36-32-24-19-25(34-30(32)28(20-11-3-1-4-12-20)22-15-7-9-17-26(22)38-34)33(37)31-29(21-13-5-2-6-14-21)23-16-8-10-18-27(23)39-35(24)31;2-1-3/h1-18,24-25,32-33H,19H2;/t24-,25-,32+,33+;/m0./s1. The Morgan fingerprint density at radius 3 is 1.31 bits per heavy atom. The van der Waals surface area contributed by atoms with Gasteiger partial charge in [-0.1, -0.05) is 129 Å². The Bertz CT molecular complexity index is 1850. The molecule has 42 heavy (non-hydrogen) atoms. The number of benzene rings is 4. The molecule has 4 aromatic carbocycles. The Kier molecular flexibility index (Phi) is 7.60. The second kappa shape index (κ2) is 11.5. The molecule has 8 rings (SSSR count). The number of rotatable bonds is 2. The normalized spacial score (nSPS) is 20.1. The van der Waals surface area contributed by atoms with E-state index in [4.69, 9.17) is 9.97 Å². The zero-order valence-electron chi connectivity index (χ0n) is 22.4. The molecule has 0 fully saturated rings. The summed E-state index contributed by atoms with van der Waals surface area (Å²) < 4.78 is 1.92. The van der Waals surface area contributed by atoms with Crippen LogP contribution in [0, 0.1) is 0 Å². The first-order valence-electron chi connectivity index (χ1n) is 13.9. The average molecular weight is 709 g/mol. The van der Waals surface area contributed by atoms with Gasteiger partial charge in [-0.25, -0.2) is 0 Å². The third kappa shape index (κ3) is 4.49. The van der Waals surface area contributed by atoms with Gasteiger partial charge in [0, 0.05) is 26.9 Å². The summed E-state index contributed by atoms with van der Waals surface area (Å²) >= 11 is 16.4. The fraction of sp³-hybridized carbons (Fsp3) is 0.139. The van der Waals surface area contributed by atoms with Gasteiger partial charge in [-0.3, -0.25) is 9.97 Å². The van der Waals surface area contributed by atoms with Gasteiger partial charge >= 0.3 is 0 Å². The third-order valence-electron chi connectivity index (χ3n) is 8.51. The van der Waals surface area contributed by atoms with E-state index in [1.807, 2.05) is 4.31 Å². The summed E-state index contributed by atoms with van der Waals surface area (Å²) in [7, 11) is 0. The van der Waals surface area contributed by atoms with Crippen molar-refractivity contribution in [3.63, 3.8) is 0 Å². The number of halogens is 2. The van der Waals surface area contributed by atoms with E-state index < -0.39 is 0 Å². The van der Waals surface area contributed by atoms with Gasteiger partial charge in [-0.15, -0.1) is 0 Å². The maximum absolute atomic E-state index is 5.38. The summed E-state index contributed by atoms with van der Waals surface area (Å²) in [5.41, 5.74) is 12.2. The molecular weight excluding hydrogens is 684 g/mol. The largest absolute Gasteiger partial charge is 0.252 e. The molecule has 6 aromatic rings. The van der Waals surface area contributed by atoms with E-state index in [0.717, 1.165) is 17.5 Å². The molecule has 0 amide bonds. The Hall–Kier alpha value is -3.12. The van der Waals surface area contributed by atoms with Gasteiger partial charge in [0.15, 0.2) is 0 Å². The molecule has 2 aliphatic carbocycles.